The van der Waals surface area contributed by atoms with Crippen LogP contribution in [0.1, 0.15) is 58.4 Å². The van der Waals surface area contributed by atoms with E-state index in [2.05, 4.69) is 5.32 Å². The molecule has 10 nitrogen and oxygen atoms in total. The van der Waals surface area contributed by atoms with Crippen molar-refractivity contribution >= 4 is 35.1 Å². The highest BCUT2D eigenvalue weighted by Crippen LogP contribution is 2.50. The number of amides is 2. The molecule has 1 unspecified atom stereocenters. The molecule has 0 spiro atoms. The number of hydrogen-bond acceptors (Lipinski definition) is 7. The summed E-state index contributed by atoms with van der Waals surface area (Å²) in [7, 11) is 1.51. The van der Waals surface area contributed by atoms with Crippen molar-refractivity contribution in [1.82, 2.24) is 4.90 Å². The van der Waals surface area contributed by atoms with Crippen LogP contribution in [0.2, 0.25) is 5.02 Å². The number of rotatable bonds is 10. The second-order valence-electron chi connectivity index (χ2n) is 10.6. The molecule has 43 heavy (non-hydrogen) atoms. The van der Waals surface area contributed by atoms with Gasteiger partial charge in [0.15, 0.2) is 11.5 Å². The third-order valence-electron chi connectivity index (χ3n) is 8.17. The Kier molecular flexibility index (Phi) is 8.79. The third kappa shape index (κ3) is 5.98. The molecule has 11 heteroatoms. The number of carboxylic acid groups (broad SMARTS) is 1. The molecule has 3 aromatic carbocycles. The molecule has 0 bridgehead atoms. The zero-order chi connectivity index (χ0) is 30.8. The number of carboxylic acids is 1. The Bertz CT molecular complexity index is 1530. The van der Waals surface area contributed by atoms with E-state index in [1.165, 1.54) is 7.11 Å². The molecule has 3 atom stereocenters. The Morgan fingerprint density at radius 3 is 2.30 bits per heavy atom. The molecule has 2 heterocycles. The van der Waals surface area contributed by atoms with Crippen molar-refractivity contribution < 1.29 is 33.7 Å². The lowest BCUT2D eigenvalue weighted by Gasteiger charge is -2.27. The van der Waals surface area contributed by atoms with Crippen molar-refractivity contribution in [2.45, 2.75) is 38.6 Å². The molecule has 1 saturated heterocycles. The number of nitrogens with two attached hydrogens (primary N) is 1. The molecular formula is C32H34ClN3O7. The number of carbonyl (C=O) groups is 3. The van der Waals surface area contributed by atoms with E-state index in [0.717, 1.165) is 16.8 Å². The number of aryl methyl sites for hydroxylation is 2. The number of primary amides is 1. The second-order valence-corrected chi connectivity index (χ2v) is 11.1. The van der Waals surface area contributed by atoms with Crippen molar-refractivity contribution in [1.29, 1.82) is 0 Å². The number of carbonyl (C=O) groups excluding carboxylic acids is 2. The highest BCUT2D eigenvalue weighted by atomic mass is 35.5. The number of methoxy groups -OCH3 is 1. The quantitative estimate of drug-likeness (QED) is 0.299. The number of anilines is 1. The van der Waals surface area contributed by atoms with Gasteiger partial charge in [-0.15, -0.1) is 0 Å². The zero-order valence-corrected chi connectivity index (χ0v) is 24.9. The summed E-state index contributed by atoms with van der Waals surface area (Å²) in [6, 6.07) is 13.1. The molecule has 1 fully saturated rings. The molecular weight excluding hydrogens is 574 g/mol. The second kappa shape index (κ2) is 12.5. The topological polar surface area (TPSA) is 140 Å². The molecule has 0 radical (unpaired) electrons. The normalized spacial score (nSPS) is 19.3. The Morgan fingerprint density at radius 1 is 1.05 bits per heavy atom. The maximum absolute atomic E-state index is 13.6. The van der Waals surface area contributed by atoms with Crippen molar-refractivity contribution in [3.8, 4) is 17.2 Å². The summed E-state index contributed by atoms with van der Waals surface area (Å²) in [6.45, 7) is 4.22. The van der Waals surface area contributed by atoms with Crippen LogP contribution in [-0.4, -0.2) is 54.8 Å². The maximum atomic E-state index is 13.6. The van der Waals surface area contributed by atoms with Crippen LogP contribution in [-0.2, 0) is 22.4 Å². The molecule has 2 aliphatic rings. The molecule has 226 valence electrons. The van der Waals surface area contributed by atoms with Crippen LogP contribution >= 0.6 is 11.6 Å². The minimum absolute atomic E-state index is 0.0352. The van der Waals surface area contributed by atoms with E-state index in [4.69, 9.17) is 31.5 Å². The Labute approximate surface area is 254 Å². The number of fused-ring (bicyclic) bond motifs is 1. The van der Waals surface area contributed by atoms with Gasteiger partial charge in [-0.05, 0) is 71.5 Å². The van der Waals surface area contributed by atoms with E-state index in [0.29, 0.717) is 51.8 Å². The fourth-order valence-corrected chi connectivity index (χ4v) is 6.41. The van der Waals surface area contributed by atoms with Crippen LogP contribution in [0.5, 0.6) is 17.2 Å². The number of hydrogen-bond donors (Lipinski definition) is 3. The van der Waals surface area contributed by atoms with Gasteiger partial charge in [0.25, 0.3) is 0 Å². The average Bonchev–Trinajstić information content (AvgIpc) is 3.62. The molecule has 3 aromatic rings. The maximum Gasteiger partial charge on any atom is 0.309 e. The molecule has 4 N–H and O–H groups in total. The van der Waals surface area contributed by atoms with Crippen LogP contribution in [0, 0.1) is 5.92 Å². The summed E-state index contributed by atoms with van der Waals surface area (Å²) >= 11 is 6.32. The summed E-state index contributed by atoms with van der Waals surface area (Å²) in [5.74, 6) is -1.98. The fraction of sp³-hybridized carbons (Fsp3) is 0.344. The van der Waals surface area contributed by atoms with Gasteiger partial charge in [0.1, 0.15) is 0 Å². The smallest absolute Gasteiger partial charge is 0.309 e. The summed E-state index contributed by atoms with van der Waals surface area (Å²) in [5, 5.41) is 14.3. The summed E-state index contributed by atoms with van der Waals surface area (Å²) < 4.78 is 16.7. The van der Waals surface area contributed by atoms with Gasteiger partial charge >= 0.3 is 5.97 Å². The first-order chi connectivity index (χ1) is 20.6. The molecule has 0 aromatic heterocycles. The highest BCUT2D eigenvalue weighted by Gasteiger charge is 2.48. The van der Waals surface area contributed by atoms with Crippen LogP contribution in [0.4, 0.5) is 5.69 Å². The van der Waals surface area contributed by atoms with E-state index < -0.39 is 29.8 Å². The van der Waals surface area contributed by atoms with Crippen molar-refractivity contribution in [2.75, 3.05) is 32.3 Å². The molecule has 0 aliphatic carbocycles. The largest absolute Gasteiger partial charge is 0.493 e. The highest BCUT2D eigenvalue weighted by molar-refractivity contribution is 6.30. The summed E-state index contributed by atoms with van der Waals surface area (Å²) in [6.07, 6.45) is 1.35. The van der Waals surface area contributed by atoms with E-state index in [1.807, 2.05) is 30.9 Å². The number of nitrogens with zero attached hydrogens (tertiary/aromatic N) is 1. The van der Waals surface area contributed by atoms with Gasteiger partial charge in [-0.2, -0.15) is 0 Å². The van der Waals surface area contributed by atoms with E-state index >= 15 is 0 Å². The third-order valence-corrected chi connectivity index (χ3v) is 8.39. The number of benzene rings is 3. The number of aliphatic carboxylic acids is 1. The standard InChI is InChI=1S/C32H34ClN3O7/c1-4-17-10-22(33)11-18(5-2)28(17)35-26(37)15-36-14-23(21-12-24(41-3)30-25(13-21)42-16-43-30)27(32(39)40)29(36)19-6-8-20(9-7-19)31(34)38/h6-13,23,27,29H,4-5,14-16H2,1-3H3,(H2,34,38)(H,35,37)(H,39,40)/t23-,27?,29+/m1/s1. The van der Waals surface area contributed by atoms with E-state index in [1.54, 1.807) is 36.4 Å². The lowest BCUT2D eigenvalue weighted by atomic mass is 9.82. The van der Waals surface area contributed by atoms with Gasteiger partial charge < -0.3 is 30.4 Å². The zero-order valence-electron chi connectivity index (χ0n) is 24.2. The number of halogens is 1. The number of ether oxygens (including phenoxy) is 3. The molecule has 5 rings (SSSR count). The summed E-state index contributed by atoms with van der Waals surface area (Å²) in [5.41, 5.74) is 9.66. The number of likely N-dealkylation sites (tertiary alicyclic amines) is 1. The van der Waals surface area contributed by atoms with Crippen LogP contribution in [0.25, 0.3) is 0 Å². The van der Waals surface area contributed by atoms with Gasteiger partial charge in [-0.25, -0.2) is 0 Å². The fourth-order valence-electron chi connectivity index (χ4n) is 6.14. The van der Waals surface area contributed by atoms with Crippen molar-refractivity contribution in [3.63, 3.8) is 0 Å². The van der Waals surface area contributed by atoms with Crippen LogP contribution in [0.3, 0.4) is 0 Å². The van der Waals surface area contributed by atoms with Gasteiger partial charge in [-0.3, -0.25) is 19.3 Å². The lowest BCUT2D eigenvalue weighted by molar-refractivity contribution is -0.143. The molecule has 2 amide bonds. The first-order valence-electron chi connectivity index (χ1n) is 14.1. The number of nitrogens with one attached hydrogen (secondary N) is 1. The Hall–Kier alpha value is -4.28. The predicted molar refractivity (Wildman–Crippen MR) is 161 cm³/mol. The Morgan fingerprint density at radius 2 is 1.72 bits per heavy atom. The van der Waals surface area contributed by atoms with Gasteiger partial charge in [0, 0.05) is 34.8 Å². The first-order valence-corrected chi connectivity index (χ1v) is 14.5. The summed E-state index contributed by atoms with van der Waals surface area (Å²) in [4.78, 5) is 40.2. The Balaban J connectivity index is 1.53. The van der Waals surface area contributed by atoms with Crippen LogP contribution < -0.4 is 25.3 Å². The predicted octanol–water partition coefficient (Wildman–Crippen LogP) is 4.78. The average molecular weight is 608 g/mol. The van der Waals surface area contributed by atoms with Gasteiger partial charge in [0.2, 0.25) is 24.4 Å². The lowest BCUT2D eigenvalue weighted by Crippen LogP contribution is -2.35. The SMILES string of the molecule is CCc1cc(Cl)cc(CC)c1NC(=O)CN1C[C@H](c2cc(OC)c3c(c2)OCO3)C(C(=O)O)[C@@H]1c1ccc(C(N)=O)cc1. The van der Waals surface area contributed by atoms with Crippen molar-refractivity contribution in [3.05, 3.63) is 81.4 Å². The van der Waals surface area contributed by atoms with Crippen molar-refractivity contribution in [2.24, 2.45) is 11.7 Å². The monoisotopic (exact) mass is 607 g/mol. The van der Waals surface area contributed by atoms with Gasteiger partial charge in [0.05, 0.1) is 19.6 Å². The molecule has 0 saturated carbocycles. The minimum atomic E-state index is -1.02. The van der Waals surface area contributed by atoms with Crippen LogP contribution in [0.15, 0.2) is 48.5 Å². The van der Waals surface area contributed by atoms with E-state index in [9.17, 15) is 19.5 Å². The molecule has 2 aliphatic heterocycles. The van der Waals surface area contributed by atoms with E-state index in [-0.39, 0.29) is 25.8 Å². The first kappa shape index (κ1) is 30.2. The minimum Gasteiger partial charge on any atom is -0.493 e. The van der Waals surface area contributed by atoms with Gasteiger partial charge in [-0.1, -0.05) is 37.6 Å².